The Labute approximate surface area is 105 Å². The van der Waals surface area contributed by atoms with Crippen molar-refractivity contribution in [2.45, 2.75) is 71.6 Å². The molecule has 1 aliphatic heterocycles. The molecule has 4 unspecified atom stereocenters. The van der Waals surface area contributed by atoms with Crippen molar-refractivity contribution in [1.82, 2.24) is 10.2 Å². The van der Waals surface area contributed by atoms with Crippen LogP contribution >= 0.6 is 0 Å². The van der Waals surface area contributed by atoms with Crippen molar-refractivity contribution in [3.63, 3.8) is 0 Å². The third kappa shape index (κ3) is 2.35. The maximum atomic E-state index is 12.3. The molecule has 1 saturated heterocycles. The molecule has 1 N–H and O–H groups in total. The second-order valence-electron chi connectivity index (χ2n) is 5.91. The van der Waals surface area contributed by atoms with Gasteiger partial charge in [0.05, 0.1) is 12.2 Å². The number of amides is 1. The van der Waals surface area contributed by atoms with Gasteiger partial charge < -0.3 is 4.90 Å². The molecule has 0 aromatic rings. The van der Waals surface area contributed by atoms with Crippen LogP contribution in [0, 0.1) is 11.8 Å². The Balaban J connectivity index is 2.05. The second kappa shape index (κ2) is 4.97. The first kappa shape index (κ1) is 12.9. The lowest BCUT2D eigenvalue weighted by atomic mass is 10.1. The van der Waals surface area contributed by atoms with Gasteiger partial charge in [-0.25, -0.2) is 0 Å². The van der Waals surface area contributed by atoms with E-state index in [1.54, 1.807) is 0 Å². The van der Waals surface area contributed by atoms with Gasteiger partial charge in [-0.05, 0) is 31.1 Å². The van der Waals surface area contributed by atoms with E-state index in [9.17, 15) is 4.79 Å². The van der Waals surface area contributed by atoms with Crippen molar-refractivity contribution in [2.75, 3.05) is 0 Å². The van der Waals surface area contributed by atoms with Crippen molar-refractivity contribution in [1.29, 1.82) is 0 Å². The predicted molar refractivity (Wildman–Crippen MR) is 69.5 cm³/mol. The minimum Gasteiger partial charge on any atom is -0.322 e. The van der Waals surface area contributed by atoms with Gasteiger partial charge in [-0.3, -0.25) is 10.1 Å². The average Bonchev–Trinajstić information content (AvgIpc) is 2.94. The van der Waals surface area contributed by atoms with Crippen molar-refractivity contribution in [2.24, 2.45) is 11.8 Å². The highest BCUT2D eigenvalue weighted by Gasteiger charge is 2.51. The van der Waals surface area contributed by atoms with Gasteiger partial charge in [0.2, 0.25) is 5.91 Å². The second-order valence-corrected chi connectivity index (χ2v) is 5.91. The first-order valence-corrected chi connectivity index (χ1v) is 7.18. The van der Waals surface area contributed by atoms with Crippen LogP contribution < -0.4 is 5.32 Å². The van der Waals surface area contributed by atoms with Crippen LogP contribution in [-0.2, 0) is 4.79 Å². The highest BCUT2D eigenvalue weighted by molar-refractivity contribution is 5.85. The Hall–Kier alpha value is -0.570. The van der Waals surface area contributed by atoms with E-state index >= 15 is 0 Å². The summed E-state index contributed by atoms with van der Waals surface area (Å²) in [5.41, 5.74) is 0. The molecule has 3 heteroatoms. The number of nitrogens with zero attached hydrogens (tertiary/aromatic N) is 1. The molecule has 0 spiro atoms. The minimum absolute atomic E-state index is 0.0604. The zero-order valence-corrected chi connectivity index (χ0v) is 11.6. The van der Waals surface area contributed by atoms with Crippen molar-refractivity contribution < 1.29 is 4.79 Å². The van der Waals surface area contributed by atoms with E-state index in [1.807, 2.05) is 0 Å². The smallest absolute Gasteiger partial charge is 0.241 e. The highest BCUT2D eigenvalue weighted by atomic mass is 16.2. The highest BCUT2D eigenvalue weighted by Crippen LogP contribution is 2.42. The molecule has 2 rings (SSSR count). The molecule has 2 fully saturated rings. The number of hydrogen-bond acceptors (Lipinski definition) is 2. The van der Waals surface area contributed by atoms with Crippen LogP contribution in [0.25, 0.3) is 0 Å². The summed E-state index contributed by atoms with van der Waals surface area (Å²) in [4.78, 5) is 14.5. The fourth-order valence-corrected chi connectivity index (χ4v) is 3.10. The molecule has 1 aliphatic carbocycles. The number of carbonyl (C=O) groups excluding carboxylic acids is 1. The molecule has 1 heterocycles. The van der Waals surface area contributed by atoms with Gasteiger partial charge in [0.25, 0.3) is 0 Å². The van der Waals surface area contributed by atoms with Crippen LogP contribution in [0.1, 0.15) is 53.4 Å². The van der Waals surface area contributed by atoms with E-state index in [1.165, 1.54) is 19.3 Å². The third-order valence-corrected chi connectivity index (χ3v) is 4.17. The molecule has 4 atom stereocenters. The number of hydrogen-bond donors (Lipinski definition) is 1. The fourth-order valence-electron chi connectivity index (χ4n) is 3.10. The molecule has 1 amide bonds. The lowest BCUT2D eigenvalue weighted by Gasteiger charge is -2.27. The van der Waals surface area contributed by atoms with Crippen LogP contribution in [0.2, 0.25) is 0 Å². The third-order valence-electron chi connectivity index (χ3n) is 4.17. The number of rotatable bonds is 5. The molecule has 0 radical (unpaired) electrons. The first-order valence-electron chi connectivity index (χ1n) is 7.18. The van der Waals surface area contributed by atoms with E-state index in [4.69, 9.17) is 0 Å². The van der Waals surface area contributed by atoms with Crippen LogP contribution in [0.3, 0.4) is 0 Å². The van der Waals surface area contributed by atoms with Crippen molar-refractivity contribution in [3.05, 3.63) is 0 Å². The van der Waals surface area contributed by atoms with Crippen LogP contribution in [0.15, 0.2) is 0 Å². The van der Waals surface area contributed by atoms with Gasteiger partial charge >= 0.3 is 0 Å². The Morgan fingerprint density at radius 1 is 1.41 bits per heavy atom. The molecule has 1 saturated carbocycles. The molecular formula is C14H26N2O. The Morgan fingerprint density at radius 2 is 2.12 bits per heavy atom. The Bertz CT molecular complexity index is 290. The van der Waals surface area contributed by atoms with E-state index in [0.717, 1.165) is 12.3 Å². The van der Waals surface area contributed by atoms with Gasteiger partial charge in [-0.1, -0.05) is 34.1 Å². The topological polar surface area (TPSA) is 32.3 Å². The molecule has 2 aliphatic rings. The summed E-state index contributed by atoms with van der Waals surface area (Å²) in [6.07, 6.45) is 4.90. The Kier molecular flexibility index (Phi) is 3.76. The average molecular weight is 238 g/mol. The van der Waals surface area contributed by atoms with Crippen molar-refractivity contribution in [3.8, 4) is 0 Å². The predicted octanol–water partition coefficient (Wildman–Crippen LogP) is 2.37. The summed E-state index contributed by atoms with van der Waals surface area (Å²) in [6, 6.07) is 0.587. The standard InChI is InChI=1S/C14H26N2O/c1-5-7-10-8-12(10)16-13(9(3)4)15-11(6-2)14(16)17/h9-13,15H,5-8H2,1-4H3. The van der Waals surface area contributed by atoms with Gasteiger partial charge in [-0.2, -0.15) is 0 Å². The zero-order chi connectivity index (χ0) is 12.6. The minimum atomic E-state index is 0.0604. The molecule has 17 heavy (non-hydrogen) atoms. The molecule has 0 bridgehead atoms. The normalized spacial score (nSPS) is 37.0. The van der Waals surface area contributed by atoms with Crippen LogP contribution in [0.5, 0.6) is 0 Å². The van der Waals surface area contributed by atoms with E-state index in [0.29, 0.717) is 17.9 Å². The van der Waals surface area contributed by atoms with Gasteiger partial charge in [-0.15, -0.1) is 0 Å². The number of nitrogens with one attached hydrogen (secondary N) is 1. The summed E-state index contributed by atoms with van der Waals surface area (Å²) in [6.45, 7) is 8.72. The zero-order valence-electron chi connectivity index (χ0n) is 11.6. The van der Waals surface area contributed by atoms with Gasteiger partial charge in [0, 0.05) is 6.04 Å². The molecule has 3 nitrogen and oxygen atoms in total. The van der Waals surface area contributed by atoms with E-state index < -0.39 is 0 Å². The quantitative estimate of drug-likeness (QED) is 0.797. The summed E-state index contributed by atoms with van der Waals surface area (Å²) in [7, 11) is 0. The first-order chi connectivity index (χ1) is 8.10. The molecule has 98 valence electrons. The maximum Gasteiger partial charge on any atom is 0.241 e. The summed E-state index contributed by atoms with van der Waals surface area (Å²) in [5.74, 6) is 1.61. The molecule has 0 aromatic carbocycles. The Morgan fingerprint density at radius 3 is 2.65 bits per heavy atom. The lowest BCUT2D eigenvalue weighted by molar-refractivity contribution is -0.131. The summed E-state index contributed by atoms with van der Waals surface area (Å²) < 4.78 is 0. The SMILES string of the molecule is CCCC1CC1N1C(=O)C(CC)NC1C(C)C. The van der Waals surface area contributed by atoms with E-state index in [2.05, 4.69) is 37.9 Å². The summed E-state index contributed by atoms with van der Waals surface area (Å²) >= 11 is 0. The van der Waals surface area contributed by atoms with Gasteiger partial charge in [0.1, 0.15) is 0 Å². The fraction of sp³-hybridized carbons (Fsp3) is 0.929. The summed E-state index contributed by atoms with van der Waals surface area (Å²) in [5, 5.41) is 3.50. The maximum absolute atomic E-state index is 12.3. The van der Waals surface area contributed by atoms with Crippen LogP contribution in [0.4, 0.5) is 0 Å². The van der Waals surface area contributed by atoms with Crippen molar-refractivity contribution >= 4 is 5.91 Å². The number of carbonyl (C=O) groups is 1. The lowest BCUT2D eigenvalue weighted by Crippen LogP contribution is -2.43. The van der Waals surface area contributed by atoms with Crippen LogP contribution in [-0.4, -0.2) is 29.1 Å². The largest absolute Gasteiger partial charge is 0.322 e. The monoisotopic (exact) mass is 238 g/mol. The van der Waals surface area contributed by atoms with Gasteiger partial charge in [0.15, 0.2) is 0 Å². The van der Waals surface area contributed by atoms with E-state index in [-0.39, 0.29) is 12.2 Å². The molecular weight excluding hydrogens is 212 g/mol. The molecule has 0 aromatic heterocycles.